The van der Waals surface area contributed by atoms with Crippen LogP contribution in [0.4, 0.5) is 4.39 Å². The Bertz CT molecular complexity index is 437. The molecule has 0 aliphatic rings. The second-order valence-corrected chi connectivity index (χ2v) is 6.35. The molecule has 1 rings (SSSR count). The summed E-state index contributed by atoms with van der Waals surface area (Å²) in [5, 5.41) is 12.2. The maximum absolute atomic E-state index is 13.0. The van der Waals surface area contributed by atoms with Crippen LogP contribution in [0.3, 0.4) is 0 Å². The van der Waals surface area contributed by atoms with Crippen molar-refractivity contribution in [3.8, 4) is 0 Å². The van der Waals surface area contributed by atoms with Crippen molar-refractivity contribution in [3.05, 3.63) is 35.6 Å². The summed E-state index contributed by atoms with van der Waals surface area (Å²) in [4.78, 5) is 10.6. The molecule has 1 aromatic rings. The Morgan fingerprint density at radius 1 is 1.30 bits per heavy atom. The molecule has 0 aliphatic heterocycles. The number of benzene rings is 1. The molecular formula is C16H24FNO2. The first-order valence-corrected chi connectivity index (χ1v) is 6.93. The van der Waals surface area contributed by atoms with E-state index in [9.17, 15) is 9.18 Å². The van der Waals surface area contributed by atoms with Crippen molar-refractivity contribution >= 4 is 5.97 Å². The summed E-state index contributed by atoms with van der Waals surface area (Å²) in [6.07, 6.45) is 0.720. The molecule has 3 nitrogen and oxygen atoms in total. The fourth-order valence-corrected chi connectivity index (χ4v) is 2.21. The molecule has 112 valence electrons. The number of carboxylic acids is 1. The molecule has 2 unspecified atom stereocenters. The number of carbonyl (C=O) groups is 1. The molecule has 0 spiro atoms. The fourth-order valence-electron chi connectivity index (χ4n) is 2.21. The number of rotatable bonds is 6. The molecule has 2 N–H and O–H groups in total. The van der Waals surface area contributed by atoms with Crippen LogP contribution in [0.2, 0.25) is 0 Å². The first kappa shape index (κ1) is 16.6. The fraction of sp³-hybridized carbons (Fsp3) is 0.562. The van der Waals surface area contributed by atoms with Crippen LogP contribution in [-0.2, 0) is 4.79 Å². The molecule has 0 amide bonds. The second kappa shape index (κ2) is 6.84. The second-order valence-electron chi connectivity index (χ2n) is 6.35. The van der Waals surface area contributed by atoms with Crippen LogP contribution in [0.25, 0.3) is 0 Å². The van der Waals surface area contributed by atoms with Crippen molar-refractivity contribution in [2.24, 2.45) is 5.41 Å². The van der Waals surface area contributed by atoms with Crippen LogP contribution in [0, 0.1) is 11.2 Å². The standard InChI is InChI=1S/C16H24FNO2/c1-11(5-10-14(19)20)18-15(16(2,3)4)12-6-8-13(17)9-7-12/h6-9,11,15,18H,5,10H2,1-4H3,(H,19,20). The van der Waals surface area contributed by atoms with Crippen LogP contribution in [0.1, 0.15) is 52.1 Å². The third kappa shape index (κ3) is 5.29. The highest BCUT2D eigenvalue weighted by atomic mass is 19.1. The summed E-state index contributed by atoms with van der Waals surface area (Å²) in [5.74, 6) is -1.03. The van der Waals surface area contributed by atoms with Gasteiger partial charge in [-0.15, -0.1) is 0 Å². The normalized spacial score (nSPS) is 14.8. The zero-order valence-corrected chi connectivity index (χ0v) is 12.6. The number of nitrogens with one attached hydrogen (secondary N) is 1. The van der Waals surface area contributed by atoms with E-state index in [1.807, 2.05) is 6.92 Å². The number of hydrogen-bond donors (Lipinski definition) is 2. The Kier molecular flexibility index (Phi) is 5.69. The molecule has 0 saturated carbocycles. The molecule has 0 heterocycles. The largest absolute Gasteiger partial charge is 0.481 e. The molecule has 2 atom stereocenters. The predicted molar refractivity (Wildman–Crippen MR) is 78.1 cm³/mol. The number of aliphatic carboxylic acids is 1. The Balaban J connectivity index is 2.80. The topological polar surface area (TPSA) is 49.3 Å². The van der Waals surface area contributed by atoms with Gasteiger partial charge in [-0.1, -0.05) is 32.9 Å². The van der Waals surface area contributed by atoms with E-state index in [0.29, 0.717) is 6.42 Å². The van der Waals surface area contributed by atoms with Crippen molar-refractivity contribution < 1.29 is 14.3 Å². The lowest BCUT2D eigenvalue weighted by Gasteiger charge is -2.34. The van der Waals surface area contributed by atoms with Gasteiger partial charge in [-0.3, -0.25) is 4.79 Å². The van der Waals surface area contributed by atoms with Crippen LogP contribution in [0.15, 0.2) is 24.3 Å². The van der Waals surface area contributed by atoms with Gasteiger partial charge in [0.15, 0.2) is 0 Å². The van der Waals surface area contributed by atoms with Crippen molar-refractivity contribution in [1.29, 1.82) is 0 Å². The molecular weight excluding hydrogens is 257 g/mol. The highest BCUT2D eigenvalue weighted by molar-refractivity contribution is 5.66. The molecule has 0 saturated heterocycles. The van der Waals surface area contributed by atoms with E-state index in [4.69, 9.17) is 5.11 Å². The van der Waals surface area contributed by atoms with E-state index in [2.05, 4.69) is 26.1 Å². The maximum atomic E-state index is 13.0. The van der Waals surface area contributed by atoms with Crippen LogP contribution >= 0.6 is 0 Å². The Morgan fingerprint density at radius 3 is 2.30 bits per heavy atom. The summed E-state index contributed by atoms with van der Waals surface area (Å²) < 4.78 is 13.0. The molecule has 20 heavy (non-hydrogen) atoms. The van der Waals surface area contributed by atoms with E-state index in [-0.39, 0.29) is 29.7 Å². The summed E-state index contributed by atoms with van der Waals surface area (Å²) >= 11 is 0. The lowest BCUT2D eigenvalue weighted by molar-refractivity contribution is -0.137. The minimum atomic E-state index is -0.784. The summed E-state index contributed by atoms with van der Waals surface area (Å²) in [6, 6.07) is 6.60. The minimum absolute atomic E-state index is 0.0463. The number of halogens is 1. The quantitative estimate of drug-likeness (QED) is 0.834. The van der Waals surface area contributed by atoms with E-state index in [1.54, 1.807) is 12.1 Å². The van der Waals surface area contributed by atoms with Gasteiger partial charge in [0, 0.05) is 18.5 Å². The number of hydrogen-bond acceptors (Lipinski definition) is 2. The van der Waals surface area contributed by atoms with Gasteiger partial charge in [-0.2, -0.15) is 0 Å². The molecule has 0 bridgehead atoms. The van der Waals surface area contributed by atoms with Crippen LogP contribution in [0.5, 0.6) is 0 Å². The molecule has 0 aliphatic carbocycles. The smallest absolute Gasteiger partial charge is 0.303 e. The first-order valence-electron chi connectivity index (χ1n) is 6.93. The van der Waals surface area contributed by atoms with Gasteiger partial charge in [0.1, 0.15) is 5.82 Å². The first-order chi connectivity index (χ1) is 9.20. The third-order valence-electron chi connectivity index (χ3n) is 3.31. The van der Waals surface area contributed by atoms with Crippen molar-refractivity contribution in [3.63, 3.8) is 0 Å². The Labute approximate surface area is 120 Å². The van der Waals surface area contributed by atoms with Gasteiger partial charge >= 0.3 is 5.97 Å². The molecule has 4 heteroatoms. The molecule has 0 aromatic heterocycles. The molecule has 0 fully saturated rings. The van der Waals surface area contributed by atoms with E-state index in [1.165, 1.54) is 12.1 Å². The highest BCUT2D eigenvalue weighted by Gasteiger charge is 2.27. The molecule has 1 aromatic carbocycles. The lowest BCUT2D eigenvalue weighted by atomic mass is 9.82. The highest BCUT2D eigenvalue weighted by Crippen LogP contribution is 2.33. The SMILES string of the molecule is CC(CCC(=O)O)NC(c1ccc(F)cc1)C(C)(C)C. The van der Waals surface area contributed by atoms with E-state index in [0.717, 1.165) is 5.56 Å². The minimum Gasteiger partial charge on any atom is -0.481 e. The maximum Gasteiger partial charge on any atom is 0.303 e. The summed E-state index contributed by atoms with van der Waals surface area (Å²) in [6.45, 7) is 8.30. The van der Waals surface area contributed by atoms with Crippen LogP contribution < -0.4 is 5.32 Å². The zero-order chi connectivity index (χ0) is 15.3. The van der Waals surface area contributed by atoms with Crippen molar-refractivity contribution in [2.45, 2.75) is 52.6 Å². The lowest BCUT2D eigenvalue weighted by Crippen LogP contribution is -2.38. The van der Waals surface area contributed by atoms with Gasteiger partial charge in [-0.05, 0) is 36.5 Å². The third-order valence-corrected chi connectivity index (χ3v) is 3.31. The predicted octanol–water partition coefficient (Wildman–Crippen LogP) is 3.76. The van der Waals surface area contributed by atoms with Gasteiger partial charge in [0.25, 0.3) is 0 Å². The average Bonchev–Trinajstić information content (AvgIpc) is 2.33. The van der Waals surface area contributed by atoms with Crippen molar-refractivity contribution in [1.82, 2.24) is 5.32 Å². The van der Waals surface area contributed by atoms with Gasteiger partial charge in [-0.25, -0.2) is 4.39 Å². The van der Waals surface area contributed by atoms with E-state index >= 15 is 0 Å². The average molecular weight is 281 g/mol. The van der Waals surface area contributed by atoms with Gasteiger partial charge < -0.3 is 10.4 Å². The van der Waals surface area contributed by atoms with Crippen LogP contribution in [-0.4, -0.2) is 17.1 Å². The van der Waals surface area contributed by atoms with Gasteiger partial charge in [0.2, 0.25) is 0 Å². The summed E-state index contributed by atoms with van der Waals surface area (Å²) in [5.41, 5.74) is 0.969. The zero-order valence-electron chi connectivity index (χ0n) is 12.6. The number of carboxylic acid groups (broad SMARTS) is 1. The molecule has 0 radical (unpaired) electrons. The summed E-state index contributed by atoms with van der Waals surface area (Å²) in [7, 11) is 0. The van der Waals surface area contributed by atoms with E-state index < -0.39 is 5.97 Å². The Hall–Kier alpha value is -1.42. The van der Waals surface area contributed by atoms with Crippen molar-refractivity contribution in [2.75, 3.05) is 0 Å². The van der Waals surface area contributed by atoms with Gasteiger partial charge in [0.05, 0.1) is 0 Å². The monoisotopic (exact) mass is 281 g/mol. The Morgan fingerprint density at radius 2 is 1.85 bits per heavy atom.